The fraction of sp³-hybridized carbons (Fsp3) is 0.400. The van der Waals surface area contributed by atoms with Gasteiger partial charge in [-0.15, -0.1) is 11.3 Å². The number of thiophene rings is 1. The summed E-state index contributed by atoms with van der Waals surface area (Å²) in [7, 11) is 0. The summed E-state index contributed by atoms with van der Waals surface area (Å²) in [6.07, 6.45) is 0.782. The van der Waals surface area contributed by atoms with Crippen molar-refractivity contribution in [3.05, 3.63) is 22.4 Å². The van der Waals surface area contributed by atoms with Crippen molar-refractivity contribution in [2.75, 3.05) is 13.2 Å². The van der Waals surface area contributed by atoms with Gasteiger partial charge in [-0.25, -0.2) is 0 Å². The van der Waals surface area contributed by atoms with E-state index in [-0.39, 0.29) is 12.5 Å². The van der Waals surface area contributed by atoms with Gasteiger partial charge in [0.05, 0.1) is 11.5 Å². The molecule has 0 fully saturated rings. The summed E-state index contributed by atoms with van der Waals surface area (Å²) in [5.74, 6) is -0.639. The Morgan fingerprint density at radius 3 is 2.93 bits per heavy atom. The van der Waals surface area contributed by atoms with E-state index in [1.165, 1.54) is 11.3 Å². The Bertz CT molecular complexity index is 321. The first-order valence-electron chi connectivity index (χ1n) is 4.71. The number of carbonyl (C=O) groups is 2. The zero-order valence-corrected chi connectivity index (χ0v) is 9.30. The summed E-state index contributed by atoms with van der Waals surface area (Å²) in [4.78, 5) is 23.0. The van der Waals surface area contributed by atoms with Crippen LogP contribution in [-0.2, 0) is 9.53 Å². The minimum absolute atomic E-state index is 0.0727. The predicted molar refractivity (Wildman–Crippen MR) is 57.9 cm³/mol. The SMILES string of the molecule is CCCOC(=O)CNC(=O)c1cccs1. The first-order chi connectivity index (χ1) is 7.24. The standard InChI is InChI=1S/C10H13NO3S/c1-2-5-14-9(12)7-11-10(13)8-4-3-6-15-8/h3-4,6H,2,5,7H2,1H3,(H,11,13). The third-order valence-corrected chi connectivity index (χ3v) is 2.47. The normalized spacial score (nSPS) is 9.67. The number of amides is 1. The molecule has 0 aliphatic carbocycles. The lowest BCUT2D eigenvalue weighted by molar-refractivity contribution is -0.142. The largest absolute Gasteiger partial charge is 0.464 e. The van der Waals surface area contributed by atoms with Gasteiger partial charge in [-0.1, -0.05) is 13.0 Å². The van der Waals surface area contributed by atoms with Gasteiger partial charge in [0.25, 0.3) is 5.91 Å². The average Bonchev–Trinajstić information content (AvgIpc) is 2.76. The van der Waals surface area contributed by atoms with Crippen LogP contribution in [-0.4, -0.2) is 25.0 Å². The van der Waals surface area contributed by atoms with Gasteiger partial charge >= 0.3 is 5.97 Å². The second-order valence-electron chi connectivity index (χ2n) is 2.88. The quantitative estimate of drug-likeness (QED) is 0.774. The Balaban J connectivity index is 2.25. The molecule has 0 aliphatic rings. The van der Waals surface area contributed by atoms with Crippen molar-refractivity contribution in [1.29, 1.82) is 0 Å². The molecular formula is C10H13NO3S. The molecule has 0 bridgehead atoms. The summed E-state index contributed by atoms with van der Waals surface area (Å²) in [6.45, 7) is 2.24. The lowest BCUT2D eigenvalue weighted by Gasteiger charge is -2.03. The molecule has 1 rings (SSSR count). The van der Waals surface area contributed by atoms with Crippen molar-refractivity contribution in [1.82, 2.24) is 5.32 Å². The van der Waals surface area contributed by atoms with Crippen LogP contribution in [0.1, 0.15) is 23.0 Å². The van der Waals surface area contributed by atoms with Crippen molar-refractivity contribution < 1.29 is 14.3 Å². The summed E-state index contributed by atoms with van der Waals surface area (Å²) in [5.41, 5.74) is 0. The summed E-state index contributed by atoms with van der Waals surface area (Å²) < 4.78 is 4.81. The van der Waals surface area contributed by atoms with Gasteiger partial charge < -0.3 is 10.1 Å². The molecule has 1 amide bonds. The van der Waals surface area contributed by atoms with Gasteiger partial charge in [0, 0.05) is 0 Å². The number of esters is 1. The Morgan fingerprint density at radius 1 is 1.53 bits per heavy atom. The Kier molecular flexibility index (Phi) is 4.83. The van der Waals surface area contributed by atoms with Crippen LogP contribution in [0.3, 0.4) is 0 Å². The van der Waals surface area contributed by atoms with Crippen LogP contribution in [0.4, 0.5) is 0 Å². The summed E-state index contributed by atoms with van der Waals surface area (Å²) in [6, 6.07) is 3.49. The Hall–Kier alpha value is -1.36. The molecule has 0 radical (unpaired) electrons. The fourth-order valence-corrected chi connectivity index (χ4v) is 1.55. The molecule has 0 aromatic carbocycles. The highest BCUT2D eigenvalue weighted by molar-refractivity contribution is 7.12. The van der Waals surface area contributed by atoms with E-state index in [9.17, 15) is 9.59 Å². The fourth-order valence-electron chi connectivity index (χ4n) is 0.914. The van der Waals surface area contributed by atoms with E-state index >= 15 is 0 Å². The van der Waals surface area contributed by atoms with E-state index in [4.69, 9.17) is 4.74 Å². The van der Waals surface area contributed by atoms with Crippen LogP contribution in [0.5, 0.6) is 0 Å². The average molecular weight is 227 g/mol. The summed E-state index contributed by atoms with van der Waals surface area (Å²) in [5, 5.41) is 4.30. The van der Waals surface area contributed by atoms with E-state index in [2.05, 4.69) is 5.32 Å². The molecule has 15 heavy (non-hydrogen) atoms. The predicted octanol–water partition coefficient (Wildman–Crippen LogP) is 1.43. The third-order valence-electron chi connectivity index (χ3n) is 1.61. The van der Waals surface area contributed by atoms with Gasteiger partial charge in [0.15, 0.2) is 0 Å². The lowest BCUT2D eigenvalue weighted by Crippen LogP contribution is -2.30. The van der Waals surface area contributed by atoms with E-state index in [0.717, 1.165) is 6.42 Å². The molecule has 82 valence electrons. The van der Waals surface area contributed by atoms with Gasteiger partial charge in [0.1, 0.15) is 6.54 Å². The van der Waals surface area contributed by atoms with Crippen molar-refractivity contribution in [3.8, 4) is 0 Å². The van der Waals surface area contributed by atoms with E-state index < -0.39 is 5.97 Å². The molecule has 0 saturated heterocycles. The number of nitrogens with one attached hydrogen (secondary N) is 1. The molecule has 1 aromatic rings. The van der Waals surface area contributed by atoms with E-state index in [1.54, 1.807) is 12.1 Å². The van der Waals surface area contributed by atoms with E-state index in [1.807, 2.05) is 12.3 Å². The van der Waals surface area contributed by atoms with E-state index in [0.29, 0.717) is 11.5 Å². The van der Waals surface area contributed by atoms with Crippen LogP contribution in [0, 0.1) is 0 Å². The van der Waals surface area contributed by atoms with Crippen molar-refractivity contribution in [2.24, 2.45) is 0 Å². The molecule has 1 aromatic heterocycles. The highest BCUT2D eigenvalue weighted by atomic mass is 32.1. The molecule has 1 heterocycles. The monoisotopic (exact) mass is 227 g/mol. The number of hydrogen-bond donors (Lipinski definition) is 1. The van der Waals surface area contributed by atoms with Gasteiger partial charge in [-0.2, -0.15) is 0 Å². The molecular weight excluding hydrogens is 214 g/mol. The molecule has 5 heteroatoms. The number of rotatable bonds is 5. The maximum atomic E-state index is 11.4. The smallest absolute Gasteiger partial charge is 0.325 e. The van der Waals surface area contributed by atoms with Gasteiger partial charge in [-0.3, -0.25) is 9.59 Å². The highest BCUT2D eigenvalue weighted by Gasteiger charge is 2.08. The van der Waals surface area contributed by atoms with Crippen LogP contribution in [0.25, 0.3) is 0 Å². The maximum Gasteiger partial charge on any atom is 0.325 e. The second-order valence-corrected chi connectivity index (χ2v) is 3.83. The van der Waals surface area contributed by atoms with Crippen LogP contribution in [0.15, 0.2) is 17.5 Å². The maximum absolute atomic E-state index is 11.4. The van der Waals surface area contributed by atoms with Crippen LogP contribution in [0.2, 0.25) is 0 Å². The number of carbonyl (C=O) groups excluding carboxylic acids is 2. The topological polar surface area (TPSA) is 55.4 Å². The minimum atomic E-state index is -0.401. The molecule has 1 N–H and O–H groups in total. The van der Waals surface area contributed by atoms with Gasteiger partial charge in [0.2, 0.25) is 0 Å². The van der Waals surface area contributed by atoms with Crippen molar-refractivity contribution in [2.45, 2.75) is 13.3 Å². The molecule has 0 saturated carbocycles. The molecule has 0 spiro atoms. The van der Waals surface area contributed by atoms with Crippen LogP contribution < -0.4 is 5.32 Å². The second kappa shape index (κ2) is 6.19. The van der Waals surface area contributed by atoms with Crippen LogP contribution >= 0.6 is 11.3 Å². The van der Waals surface area contributed by atoms with Gasteiger partial charge in [-0.05, 0) is 17.9 Å². The molecule has 4 nitrogen and oxygen atoms in total. The third kappa shape index (κ3) is 4.12. The van der Waals surface area contributed by atoms with Crippen molar-refractivity contribution >= 4 is 23.2 Å². The molecule has 0 atom stereocenters. The number of hydrogen-bond acceptors (Lipinski definition) is 4. The zero-order chi connectivity index (χ0) is 11.1. The molecule has 0 aliphatic heterocycles. The first-order valence-corrected chi connectivity index (χ1v) is 5.59. The lowest BCUT2D eigenvalue weighted by atomic mass is 10.4. The Morgan fingerprint density at radius 2 is 2.33 bits per heavy atom. The highest BCUT2D eigenvalue weighted by Crippen LogP contribution is 2.07. The number of ether oxygens (including phenoxy) is 1. The summed E-state index contributed by atoms with van der Waals surface area (Å²) >= 11 is 1.34. The zero-order valence-electron chi connectivity index (χ0n) is 8.49. The van der Waals surface area contributed by atoms with Crippen molar-refractivity contribution in [3.63, 3.8) is 0 Å². The Labute approximate surface area is 92.2 Å². The molecule has 0 unspecified atom stereocenters. The minimum Gasteiger partial charge on any atom is -0.464 e. The first kappa shape index (κ1) is 11.7.